The van der Waals surface area contributed by atoms with E-state index in [0.717, 1.165) is 45.9 Å². The summed E-state index contributed by atoms with van der Waals surface area (Å²) < 4.78 is 7.46. The average molecular weight is 499 g/mol. The van der Waals surface area contributed by atoms with E-state index < -0.39 is 0 Å². The lowest BCUT2D eigenvalue weighted by Crippen LogP contribution is -2.32. The molecule has 202 valence electrons. The Labute approximate surface area is 219 Å². The molecule has 0 N–H and O–H groups in total. The molecule has 1 heterocycles. The summed E-state index contributed by atoms with van der Waals surface area (Å²) in [6, 6.07) is 5.89. The maximum Gasteiger partial charge on any atom is 0.162 e. The molecule has 0 amide bonds. The smallest absolute Gasteiger partial charge is 0.162 e. The van der Waals surface area contributed by atoms with E-state index in [1.807, 2.05) is 39.0 Å². The maximum atomic E-state index is 11.9. The number of carbonyl (C=O) groups is 1. The number of aliphatic imine (C=N–C) groups is 1. The van der Waals surface area contributed by atoms with Crippen LogP contribution in [-0.4, -0.2) is 42.1 Å². The van der Waals surface area contributed by atoms with E-state index in [9.17, 15) is 4.79 Å². The van der Waals surface area contributed by atoms with Crippen molar-refractivity contribution in [1.82, 2.24) is 9.78 Å². The fourth-order valence-electron chi connectivity index (χ4n) is 3.15. The van der Waals surface area contributed by atoms with Gasteiger partial charge in [0, 0.05) is 26.1 Å². The minimum absolute atomic E-state index is 0.0222. The van der Waals surface area contributed by atoms with E-state index in [1.165, 1.54) is 12.0 Å². The molecule has 0 spiro atoms. The number of rotatable bonds is 5. The monoisotopic (exact) mass is 498 g/mol. The molecule has 0 bridgehead atoms. The van der Waals surface area contributed by atoms with Gasteiger partial charge in [-0.3, -0.25) is 14.8 Å². The van der Waals surface area contributed by atoms with Crippen molar-refractivity contribution in [2.45, 2.75) is 101 Å². The summed E-state index contributed by atoms with van der Waals surface area (Å²) in [4.78, 5) is 20.3. The van der Waals surface area contributed by atoms with Gasteiger partial charge in [0.05, 0.1) is 12.3 Å². The van der Waals surface area contributed by atoms with Crippen molar-refractivity contribution in [3.63, 3.8) is 0 Å². The molecule has 0 saturated heterocycles. The number of hydrogen-bond donors (Lipinski definition) is 0. The van der Waals surface area contributed by atoms with E-state index in [4.69, 9.17) is 4.74 Å². The van der Waals surface area contributed by atoms with Crippen LogP contribution in [0.2, 0.25) is 0 Å². The van der Waals surface area contributed by atoms with Crippen molar-refractivity contribution in [2.24, 2.45) is 9.98 Å². The van der Waals surface area contributed by atoms with Gasteiger partial charge >= 0.3 is 0 Å². The highest BCUT2D eigenvalue weighted by Crippen LogP contribution is 2.28. The van der Waals surface area contributed by atoms with Gasteiger partial charge in [-0.05, 0) is 74.4 Å². The highest BCUT2D eigenvalue weighted by molar-refractivity contribution is 5.96. The lowest BCUT2D eigenvalue weighted by atomic mass is 9.85. The number of benzene rings is 1. The molecule has 6 nitrogen and oxygen atoms in total. The zero-order valence-corrected chi connectivity index (χ0v) is 25.2. The molecule has 0 fully saturated rings. The SMILES string of the molecule is CCC.CCCOc1cc(C(=O)CC)cc(C(C)(C)C)c1.CN=C(C)n1nc(C)c(C)c(C)c1=NC. The third-order valence-electron chi connectivity index (χ3n) is 5.62. The molecule has 0 unspecified atom stereocenters. The number of ketones is 1. The molecule has 1 aromatic carbocycles. The minimum Gasteiger partial charge on any atom is -0.494 e. The second kappa shape index (κ2) is 16.1. The fraction of sp³-hybridized carbons (Fsp3) is 0.600. The van der Waals surface area contributed by atoms with Gasteiger partial charge in [0.1, 0.15) is 11.6 Å². The number of nitrogens with zero attached hydrogens (tertiary/aromatic N) is 4. The first-order valence-electron chi connectivity index (χ1n) is 13.1. The highest BCUT2D eigenvalue weighted by atomic mass is 16.5. The van der Waals surface area contributed by atoms with Crippen molar-refractivity contribution in [1.29, 1.82) is 0 Å². The number of ether oxygens (including phenoxy) is 1. The van der Waals surface area contributed by atoms with Crippen LogP contribution in [0.25, 0.3) is 0 Å². The fourth-order valence-corrected chi connectivity index (χ4v) is 3.15. The molecule has 0 saturated carbocycles. The number of aryl methyl sites for hydroxylation is 1. The Bertz CT molecular complexity index is 1070. The van der Waals surface area contributed by atoms with Gasteiger partial charge in [0.15, 0.2) is 11.3 Å². The normalized spacial score (nSPS) is 11.8. The first kappa shape index (κ1) is 33.2. The molecular weight excluding hydrogens is 448 g/mol. The van der Waals surface area contributed by atoms with Gasteiger partial charge < -0.3 is 4.74 Å². The molecule has 36 heavy (non-hydrogen) atoms. The summed E-state index contributed by atoms with van der Waals surface area (Å²) in [6.45, 7) is 23.4. The number of aromatic nitrogens is 2. The largest absolute Gasteiger partial charge is 0.494 e. The van der Waals surface area contributed by atoms with Gasteiger partial charge in [-0.25, -0.2) is 4.68 Å². The molecule has 2 rings (SSSR count). The molecule has 1 aromatic heterocycles. The third-order valence-corrected chi connectivity index (χ3v) is 5.62. The van der Waals surface area contributed by atoms with Crippen LogP contribution in [-0.2, 0) is 5.41 Å². The first-order valence-corrected chi connectivity index (χ1v) is 13.1. The number of carbonyl (C=O) groups excluding carboxylic acids is 1. The van der Waals surface area contributed by atoms with E-state index in [0.29, 0.717) is 13.0 Å². The predicted molar refractivity (Wildman–Crippen MR) is 154 cm³/mol. The Morgan fingerprint density at radius 2 is 1.58 bits per heavy atom. The molecule has 0 aliphatic rings. The van der Waals surface area contributed by atoms with Crippen LogP contribution >= 0.6 is 0 Å². The molecule has 2 aromatic rings. The Balaban J connectivity index is 0.000000621. The Morgan fingerprint density at radius 1 is 1.00 bits per heavy atom. The minimum atomic E-state index is 0.0222. The van der Waals surface area contributed by atoms with Crippen LogP contribution in [0.1, 0.15) is 107 Å². The highest BCUT2D eigenvalue weighted by Gasteiger charge is 2.17. The zero-order chi connectivity index (χ0) is 28.1. The van der Waals surface area contributed by atoms with Gasteiger partial charge in [0.2, 0.25) is 0 Å². The summed E-state index contributed by atoms with van der Waals surface area (Å²) in [6.07, 6.45) is 2.75. The molecule has 0 aliphatic heterocycles. The molecular formula is C30H50N4O2. The lowest BCUT2D eigenvalue weighted by Gasteiger charge is -2.21. The molecule has 0 aliphatic carbocycles. The predicted octanol–water partition coefficient (Wildman–Crippen LogP) is 7.02. The van der Waals surface area contributed by atoms with Crippen molar-refractivity contribution < 1.29 is 9.53 Å². The van der Waals surface area contributed by atoms with Crippen molar-refractivity contribution in [3.8, 4) is 5.75 Å². The summed E-state index contributed by atoms with van der Waals surface area (Å²) in [7, 11) is 3.53. The van der Waals surface area contributed by atoms with Crippen LogP contribution < -0.4 is 10.2 Å². The Hall–Kier alpha value is -2.76. The Kier molecular flexibility index (Phi) is 14.8. The average Bonchev–Trinajstić information content (AvgIpc) is 2.85. The molecule has 0 atom stereocenters. The third kappa shape index (κ3) is 10.1. The van der Waals surface area contributed by atoms with Crippen LogP contribution in [0.5, 0.6) is 5.75 Å². The van der Waals surface area contributed by atoms with Gasteiger partial charge in [-0.15, -0.1) is 0 Å². The topological polar surface area (TPSA) is 68.8 Å². The van der Waals surface area contributed by atoms with Gasteiger partial charge in [-0.1, -0.05) is 54.9 Å². The maximum absolute atomic E-state index is 11.9. The van der Waals surface area contributed by atoms with E-state index in [1.54, 1.807) is 18.8 Å². The van der Waals surface area contributed by atoms with Crippen LogP contribution in [0, 0.1) is 20.8 Å². The zero-order valence-electron chi connectivity index (χ0n) is 25.2. The van der Waals surface area contributed by atoms with Crippen molar-refractivity contribution in [3.05, 3.63) is 51.6 Å². The second-order valence-corrected chi connectivity index (χ2v) is 9.89. The number of Topliss-reactive ketones (excluding diaryl/α,β-unsaturated/α-hetero) is 1. The van der Waals surface area contributed by atoms with E-state index >= 15 is 0 Å². The van der Waals surface area contributed by atoms with Crippen molar-refractivity contribution >= 4 is 11.6 Å². The van der Waals surface area contributed by atoms with Gasteiger partial charge in [-0.2, -0.15) is 5.10 Å². The van der Waals surface area contributed by atoms with Crippen LogP contribution in [0.15, 0.2) is 28.2 Å². The Morgan fingerprint density at radius 3 is 2.03 bits per heavy atom. The summed E-state index contributed by atoms with van der Waals surface area (Å²) in [5.41, 5.74) is 6.17. The standard InChI is InChI=1S/C16H24O2.C11H18N4.C3H8/c1-6-8-18-14-10-12(15(17)7-2)9-13(11-14)16(3,4)5;1-7-8(2)11(13-6)15(10(4)12-5)14-9(7)3;1-3-2/h9-11H,6-8H2,1-5H3;1-6H3;3H2,1-2H3. The van der Waals surface area contributed by atoms with Gasteiger partial charge in [0.25, 0.3) is 0 Å². The quantitative estimate of drug-likeness (QED) is 0.253. The van der Waals surface area contributed by atoms with Crippen LogP contribution in [0.3, 0.4) is 0 Å². The number of hydrogen-bond acceptors (Lipinski definition) is 5. The lowest BCUT2D eigenvalue weighted by molar-refractivity contribution is 0.0987. The summed E-state index contributed by atoms with van der Waals surface area (Å²) >= 11 is 0. The first-order chi connectivity index (χ1) is 16.8. The second-order valence-electron chi connectivity index (χ2n) is 9.89. The van der Waals surface area contributed by atoms with E-state index in [-0.39, 0.29) is 11.2 Å². The molecule has 0 radical (unpaired) electrons. The van der Waals surface area contributed by atoms with Crippen LogP contribution in [0.4, 0.5) is 0 Å². The van der Waals surface area contributed by atoms with Crippen molar-refractivity contribution in [2.75, 3.05) is 20.7 Å². The summed E-state index contributed by atoms with van der Waals surface area (Å²) in [5, 5.41) is 4.47. The molecule has 6 heteroatoms. The summed E-state index contributed by atoms with van der Waals surface area (Å²) in [5.74, 6) is 1.82. The van der Waals surface area contributed by atoms with E-state index in [2.05, 4.69) is 70.5 Å².